The molecule has 0 amide bonds. The van der Waals surface area contributed by atoms with Crippen molar-refractivity contribution in [2.24, 2.45) is 10.2 Å². The topological polar surface area (TPSA) is 40.5 Å². The number of azo groups is 1. The van der Waals surface area contributed by atoms with Gasteiger partial charge in [0.15, 0.2) is 0 Å². The van der Waals surface area contributed by atoms with Crippen LogP contribution in [0.25, 0.3) is 10.9 Å². The maximum Gasteiger partial charge on any atom is 0.114 e. The Morgan fingerprint density at radius 1 is 0.833 bits per heavy atom. The summed E-state index contributed by atoms with van der Waals surface area (Å²) in [6, 6.07) is 17.9. The first kappa shape index (κ1) is 10.7. The van der Waals surface area contributed by atoms with Crippen molar-refractivity contribution in [3.63, 3.8) is 0 Å². The second-order valence-electron chi connectivity index (χ2n) is 4.18. The number of aromatic amines is 1. The minimum atomic E-state index is 0.863. The van der Waals surface area contributed by atoms with Gasteiger partial charge in [0.05, 0.1) is 5.69 Å². The Morgan fingerprint density at radius 3 is 2.39 bits per heavy atom. The third-order valence-electron chi connectivity index (χ3n) is 2.88. The lowest BCUT2D eigenvalue weighted by Crippen LogP contribution is -1.67. The predicted molar refractivity (Wildman–Crippen MR) is 73.7 cm³/mol. The van der Waals surface area contributed by atoms with E-state index in [1.807, 2.05) is 55.5 Å². The molecule has 2 aromatic carbocycles. The molecule has 0 saturated heterocycles. The summed E-state index contributed by atoms with van der Waals surface area (Å²) in [7, 11) is 0. The SMILES string of the molecule is Cc1[nH]c2ccccc2c1/N=N/c1ccccc1. The van der Waals surface area contributed by atoms with Crippen LogP contribution in [-0.2, 0) is 0 Å². The van der Waals surface area contributed by atoms with Crippen molar-refractivity contribution < 1.29 is 0 Å². The van der Waals surface area contributed by atoms with Crippen LogP contribution in [0, 0.1) is 6.92 Å². The van der Waals surface area contributed by atoms with Crippen LogP contribution < -0.4 is 0 Å². The zero-order valence-corrected chi connectivity index (χ0v) is 10.1. The average molecular weight is 235 g/mol. The van der Waals surface area contributed by atoms with E-state index in [1.165, 1.54) is 0 Å². The van der Waals surface area contributed by atoms with Gasteiger partial charge in [0.1, 0.15) is 5.69 Å². The monoisotopic (exact) mass is 235 g/mol. The smallest absolute Gasteiger partial charge is 0.114 e. The highest BCUT2D eigenvalue weighted by molar-refractivity contribution is 5.92. The fraction of sp³-hybridized carbons (Fsp3) is 0.0667. The van der Waals surface area contributed by atoms with Crippen molar-refractivity contribution in [3.8, 4) is 0 Å². The zero-order valence-electron chi connectivity index (χ0n) is 10.1. The lowest BCUT2D eigenvalue weighted by molar-refractivity contribution is 1.20. The molecule has 0 fully saturated rings. The van der Waals surface area contributed by atoms with Crippen LogP contribution in [0.3, 0.4) is 0 Å². The first-order chi connectivity index (χ1) is 8.84. The molecular weight excluding hydrogens is 222 g/mol. The van der Waals surface area contributed by atoms with Crippen LogP contribution in [0.15, 0.2) is 64.8 Å². The van der Waals surface area contributed by atoms with Crippen molar-refractivity contribution in [2.75, 3.05) is 0 Å². The van der Waals surface area contributed by atoms with Crippen LogP contribution >= 0.6 is 0 Å². The Kier molecular flexibility index (Phi) is 2.65. The molecule has 1 aromatic heterocycles. The van der Waals surface area contributed by atoms with Crippen LogP contribution in [0.4, 0.5) is 11.4 Å². The number of H-pyrrole nitrogens is 1. The first-order valence-electron chi connectivity index (χ1n) is 5.89. The maximum atomic E-state index is 4.36. The number of aromatic nitrogens is 1. The van der Waals surface area contributed by atoms with Gasteiger partial charge in [-0.2, -0.15) is 5.11 Å². The van der Waals surface area contributed by atoms with E-state index in [0.29, 0.717) is 0 Å². The molecule has 0 atom stereocenters. The molecule has 0 unspecified atom stereocenters. The van der Waals surface area contributed by atoms with E-state index >= 15 is 0 Å². The molecule has 0 radical (unpaired) electrons. The van der Waals surface area contributed by atoms with Gasteiger partial charge in [-0.15, -0.1) is 5.11 Å². The summed E-state index contributed by atoms with van der Waals surface area (Å²) in [6.07, 6.45) is 0. The lowest BCUT2D eigenvalue weighted by Gasteiger charge is -1.93. The van der Waals surface area contributed by atoms with Gasteiger partial charge >= 0.3 is 0 Å². The molecular formula is C15H13N3. The van der Waals surface area contributed by atoms with Gasteiger partial charge in [0.25, 0.3) is 0 Å². The summed E-state index contributed by atoms with van der Waals surface area (Å²) in [6.45, 7) is 2.01. The summed E-state index contributed by atoms with van der Waals surface area (Å²) in [5, 5.41) is 9.73. The molecule has 0 bridgehead atoms. The standard InChI is InChI=1S/C15H13N3/c1-11-15(13-9-5-6-10-14(13)16-11)18-17-12-7-3-2-4-8-12/h2-10,16H,1H3/b18-17+. The molecule has 0 saturated carbocycles. The third kappa shape index (κ3) is 1.91. The van der Waals surface area contributed by atoms with Crippen molar-refractivity contribution in [2.45, 2.75) is 6.92 Å². The lowest BCUT2D eigenvalue weighted by atomic mass is 10.2. The van der Waals surface area contributed by atoms with Crippen LogP contribution in [0.1, 0.15) is 5.69 Å². The van der Waals surface area contributed by atoms with Crippen LogP contribution in [0.2, 0.25) is 0 Å². The van der Waals surface area contributed by atoms with Gasteiger partial charge in [-0.25, -0.2) is 0 Å². The Balaban J connectivity index is 2.05. The van der Waals surface area contributed by atoms with Crippen molar-refractivity contribution in [1.29, 1.82) is 0 Å². The molecule has 0 spiro atoms. The van der Waals surface area contributed by atoms with Gasteiger partial charge < -0.3 is 4.98 Å². The maximum absolute atomic E-state index is 4.36. The highest BCUT2D eigenvalue weighted by Crippen LogP contribution is 2.30. The Morgan fingerprint density at radius 2 is 1.56 bits per heavy atom. The largest absolute Gasteiger partial charge is 0.357 e. The summed E-state index contributed by atoms with van der Waals surface area (Å²) >= 11 is 0. The molecule has 3 aromatic rings. The molecule has 1 N–H and O–H groups in total. The fourth-order valence-electron chi connectivity index (χ4n) is 1.99. The number of rotatable bonds is 2. The van der Waals surface area contributed by atoms with E-state index in [-0.39, 0.29) is 0 Å². The molecule has 88 valence electrons. The Bertz CT molecular complexity index is 696. The number of hydrogen-bond acceptors (Lipinski definition) is 2. The summed E-state index contributed by atoms with van der Waals surface area (Å²) in [5.74, 6) is 0. The van der Waals surface area contributed by atoms with E-state index in [4.69, 9.17) is 0 Å². The fourth-order valence-corrected chi connectivity index (χ4v) is 1.99. The molecule has 0 aliphatic carbocycles. The van der Waals surface area contributed by atoms with Gasteiger partial charge in [-0.05, 0) is 25.1 Å². The summed E-state index contributed by atoms with van der Waals surface area (Å²) < 4.78 is 0. The van der Waals surface area contributed by atoms with Crippen LogP contribution in [0.5, 0.6) is 0 Å². The second kappa shape index (κ2) is 4.45. The van der Waals surface area contributed by atoms with Crippen LogP contribution in [-0.4, -0.2) is 4.98 Å². The molecule has 0 aliphatic rings. The van der Waals surface area contributed by atoms with E-state index < -0.39 is 0 Å². The third-order valence-corrected chi connectivity index (χ3v) is 2.88. The molecule has 1 heterocycles. The van der Waals surface area contributed by atoms with Crippen molar-refractivity contribution in [3.05, 3.63) is 60.3 Å². The van der Waals surface area contributed by atoms with Crippen molar-refractivity contribution >= 4 is 22.3 Å². The normalized spacial score (nSPS) is 11.4. The highest BCUT2D eigenvalue weighted by atomic mass is 15.1. The first-order valence-corrected chi connectivity index (χ1v) is 5.89. The number of fused-ring (bicyclic) bond motifs is 1. The average Bonchev–Trinajstić information content (AvgIpc) is 2.73. The van der Waals surface area contributed by atoms with E-state index in [9.17, 15) is 0 Å². The molecule has 3 nitrogen and oxygen atoms in total. The molecule has 3 rings (SSSR count). The van der Waals surface area contributed by atoms with E-state index in [2.05, 4.69) is 21.3 Å². The van der Waals surface area contributed by atoms with Gasteiger partial charge in [-0.3, -0.25) is 0 Å². The number of hydrogen-bond donors (Lipinski definition) is 1. The van der Waals surface area contributed by atoms with E-state index in [1.54, 1.807) is 0 Å². The molecule has 0 aliphatic heterocycles. The summed E-state index contributed by atoms with van der Waals surface area (Å²) in [5.41, 5.74) is 3.91. The van der Waals surface area contributed by atoms with Gasteiger partial charge in [-0.1, -0.05) is 36.4 Å². The number of benzene rings is 2. The summed E-state index contributed by atoms with van der Waals surface area (Å²) in [4.78, 5) is 3.31. The Labute approximate surface area is 105 Å². The number of nitrogens with zero attached hydrogens (tertiary/aromatic N) is 2. The number of nitrogens with one attached hydrogen (secondary N) is 1. The zero-order chi connectivity index (χ0) is 12.4. The highest BCUT2D eigenvalue weighted by Gasteiger charge is 2.06. The minimum absolute atomic E-state index is 0.863. The Hall–Kier alpha value is -2.42. The van der Waals surface area contributed by atoms with Gasteiger partial charge in [0.2, 0.25) is 0 Å². The van der Waals surface area contributed by atoms with Crippen molar-refractivity contribution in [1.82, 2.24) is 4.98 Å². The molecule has 18 heavy (non-hydrogen) atoms. The predicted octanol–water partition coefficient (Wildman–Crippen LogP) is 4.89. The minimum Gasteiger partial charge on any atom is -0.357 e. The number of para-hydroxylation sites is 1. The number of aryl methyl sites for hydroxylation is 1. The van der Waals surface area contributed by atoms with Gasteiger partial charge in [0, 0.05) is 16.6 Å². The quantitative estimate of drug-likeness (QED) is 0.614. The second-order valence-corrected chi connectivity index (χ2v) is 4.18. The molecule has 3 heteroatoms. The van der Waals surface area contributed by atoms with E-state index in [0.717, 1.165) is 28.0 Å².